The number of aryl methyl sites for hydroxylation is 1. The number of likely N-dealkylation sites (tertiary alicyclic amines) is 1. The van der Waals surface area contributed by atoms with E-state index in [1.54, 1.807) is 0 Å². The summed E-state index contributed by atoms with van der Waals surface area (Å²) in [5.41, 5.74) is 1.74. The zero-order valence-corrected chi connectivity index (χ0v) is 14.0. The number of piperidine rings is 1. The van der Waals surface area contributed by atoms with Crippen molar-refractivity contribution in [2.75, 3.05) is 19.7 Å². The number of amides is 1. The third-order valence-corrected chi connectivity index (χ3v) is 4.70. The second-order valence-electron chi connectivity index (χ2n) is 5.28. The van der Waals surface area contributed by atoms with Crippen LogP contribution in [-0.2, 0) is 9.53 Å². The fourth-order valence-electron chi connectivity index (χ4n) is 2.54. The third-order valence-electron chi connectivity index (χ3n) is 3.81. The zero-order valence-electron chi connectivity index (χ0n) is 12.4. The number of carbonyl (C=O) groups is 2. The Labute approximate surface area is 133 Å². The van der Waals surface area contributed by atoms with Crippen LogP contribution in [0.15, 0.2) is 22.7 Å². The molecule has 1 saturated heterocycles. The van der Waals surface area contributed by atoms with Crippen LogP contribution in [-0.4, -0.2) is 36.5 Å². The van der Waals surface area contributed by atoms with E-state index in [0.29, 0.717) is 38.1 Å². The van der Waals surface area contributed by atoms with Crippen molar-refractivity contribution in [3.63, 3.8) is 0 Å². The van der Waals surface area contributed by atoms with E-state index >= 15 is 0 Å². The van der Waals surface area contributed by atoms with Gasteiger partial charge in [-0.3, -0.25) is 9.59 Å². The molecule has 21 heavy (non-hydrogen) atoms. The molecule has 114 valence electrons. The van der Waals surface area contributed by atoms with E-state index in [1.807, 2.05) is 36.9 Å². The summed E-state index contributed by atoms with van der Waals surface area (Å²) < 4.78 is 6.04. The van der Waals surface area contributed by atoms with Gasteiger partial charge in [0.05, 0.1) is 12.5 Å². The number of hydrogen-bond donors (Lipinski definition) is 0. The molecule has 0 unspecified atom stereocenters. The lowest BCUT2D eigenvalue weighted by molar-refractivity contribution is -0.149. The molecule has 5 heteroatoms. The highest BCUT2D eigenvalue weighted by atomic mass is 79.9. The van der Waals surface area contributed by atoms with E-state index in [9.17, 15) is 9.59 Å². The van der Waals surface area contributed by atoms with Crippen LogP contribution in [0.2, 0.25) is 0 Å². The highest BCUT2D eigenvalue weighted by Crippen LogP contribution is 2.22. The van der Waals surface area contributed by atoms with Crippen LogP contribution in [0.1, 0.15) is 35.7 Å². The van der Waals surface area contributed by atoms with Gasteiger partial charge >= 0.3 is 5.97 Å². The Bertz CT molecular complexity index is 536. The molecule has 1 aromatic rings. The van der Waals surface area contributed by atoms with E-state index in [4.69, 9.17) is 4.74 Å². The number of benzene rings is 1. The van der Waals surface area contributed by atoms with E-state index in [-0.39, 0.29) is 17.8 Å². The van der Waals surface area contributed by atoms with Crippen LogP contribution < -0.4 is 0 Å². The third kappa shape index (κ3) is 3.84. The summed E-state index contributed by atoms with van der Waals surface area (Å²) in [5, 5.41) is 0. The van der Waals surface area contributed by atoms with Crippen LogP contribution in [0.25, 0.3) is 0 Å². The average molecular weight is 354 g/mol. The molecule has 0 radical (unpaired) electrons. The highest BCUT2D eigenvalue weighted by Gasteiger charge is 2.28. The van der Waals surface area contributed by atoms with Crippen molar-refractivity contribution in [2.45, 2.75) is 26.7 Å². The van der Waals surface area contributed by atoms with Crippen LogP contribution >= 0.6 is 15.9 Å². The Morgan fingerprint density at radius 3 is 2.57 bits per heavy atom. The van der Waals surface area contributed by atoms with Crippen molar-refractivity contribution in [1.82, 2.24) is 4.90 Å². The van der Waals surface area contributed by atoms with Gasteiger partial charge < -0.3 is 9.64 Å². The number of halogens is 1. The SMILES string of the molecule is CCOC(=O)C1CCN(C(=O)c2ccc(Br)c(C)c2)CC1. The first-order valence-corrected chi connectivity index (χ1v) is 8.04. The average Bonchev–Trinajstić information content (AvgIpc) is 2.50. The maximum absolute atomic E-state index is 12.5. The Balaban J connectivity index is 1.97. The fourth-order valence-corrected chi connectivity index (χ4v) is 2.79. The first-order valence-electron chi connectivity index (χ1n) is 7.25. The molecule has 0 aromatic heterocycles. The largest absolute Gasteiger partial charge is 0.466 e. The van der Waals surface area contributed by atoms with Crippen LogP contribution in [0.5, 0.6) is 0 Å². The van der Waals surface area contributed by atoms with E-state index < -0.39 is 0 Å². The van der Waals surface area contributed by atoms with Crippen molar-refractivity contribution >= 4 is 27.8 Å². The van der Waals surface area contributed by atoms with Crippen molar-refractivity contribution in [2.24, 2.45) is 5.92 Å². The Kier molecular flexibility index (Phi) is 5.39. The molecule has 0 saturated carbocycles. The molecule has 0 spiro atoms. The van der Waals surface area contributed by atoms with Gasteiger partial charge in [-0.15, -0.1) is 0 Å². The predicted molar refractivity (Wildman–Crippen MR) is 84.1 cm³/mol. The molecule has 0 aliphatic carbocycles. The summed E-state index contributed by atoms with van der Waals surface area (Å²) in [6.45, 7) is 5.41. The smallest absolute Gasteiger partial charge is 0.309 e. The summed E-state index contributed by atoms with van der Waals surface area (Å²) in [5.74, 6) is -0.169. The van der Waals surface area contributed by atoms with Crippen molar-refractivity contribution in [1.29, 1.82) is 0 Å². The van der Waals surface area contributed by atoms with Gasteiger partial charge in [-0.05, 0) is 50.5 Å². The molecule has 4 nitrogen and oxygen atoms in total. The summed E-state index contributed by atoms with van der Waals surface area (Å²) >= 11 is 3.44. The van der Waals surface area contributed by atoms with Crippen molar-refractivity contribution < 1.29 is 14.3 Å². The van der Waals surface area contributed by atoms with Gasteiger partial charge in [0.1, 0.15) is 0 Å². The van der Waals surface area contributed by atoms with Gasteiger partial charge in [-0.1, -0.05) is 15.9 Å². The molecule has 1 aliphatic heterocycles. The predicted octanol–water partition coefficient (Wildman–Crippen LogP) is 3.17. The van der Waals surface area contributed by atoms with Crippen LogP contribution in [0, 0.1) is 12.8 Å². The number of esters is 1. The lowest BCUT2D eigenvalue weighted by atomic mass is 9.96. The second kappa shape index (κ2) is 7.07. The van der Waals surface area contributed by atoms with E-state index in [2.05, 4.69) is 15.9 Å². The first-order chi connectivity index (χ1) is 10.0. The zero-order chi connectivity index (χ0) is 15.4. The molecular formula is C16H20BrNO3. The van der Waals surface area contributed by atoms with Crippen molar-refractivity contribution in [3.05, 3.63) is 33.8 Å². The molecule has 2 rings (SSSR count). The Morgan fingerprint density at radius 2 is 2.00 bits per heavy atom. The molecule has 0 atom stereocenters. The summed E-state index contributed by atoms with van der Waals surface area (Å²) in [7, 11) is 0. The summed E-state index contributed by atoms with van der Waals surface area (Å²) in [4.78, 5) is 26.0. The quantitative estimate of drug-likeness (QED) is 0.784. The topological polar surface area (TPSA) is 46.6 Å². The molecule has 0 N–H and O–H groups in total. The molecule has 0 bridgehead atoms. The van der Waals surface area contributed by atoms with Gasteiger partial charge in [0.2, 0.25) is 0 Å². The lowest BCUT2D eigenvalue weighted by Crippen LogP contribution is -2.40. The van der Waals surface area contributed by atoms with Gasteiger partial charge in [0, 0.05) is 23.1 Å². The highest BCUT2D eigenvalue weighted by molar-refractivity contribution is 9.10. The number of nitrogens with zero attached hydrogens (tertiary/aromatic N) is 1. The van der Waals surface area contributed by atoms with Crippen molar-refractivity contribution in [3.8, 4) is 0 Å². The molecule has 1 fully saturated rings. The van der Waals surface area contributed by atoms with Gasteiger partial charge in [-0.25, -0.2) is 0 Å². The second-order valence-corrected chi connectivity index (χ2v) is 6.14. The normalized spacial score (nSPS) is 15.9. The molecule has 1 heterocycles. The minimum atomic E-state index is -0.135. The maximum atomic E-state index is 12.5. The monoisotopic (exact) mass is 353 g/mol. The van der Waals surface area contributed by atoms with Gasteiger partial charge in [0.15, 0.2) is 0 Å². The number of ether oxygens (including phenoxy) is 1. The Hall–Kier alpha value is -1.36. The Morgan fingerprint density at radius 1 is 1.33 bits per heavy atom. The minimum absolute atomic E-state index is 0.0351. The minimum Gasteiger partial charge on any atom is -0.466 e. The summed E-state index contributed by atoms with van der Waals surface area (Å²) in [6.07, 6.45) is 1.36. The number of rotatable bonds is 3. The first kappa shape index (κ1) is 16.0. The molecule has 1 aliphatic rings. The van der Waals surface area contributed by atoms with Crippen LogP contribution in [0.3, 0.4) is 0 Å². The molecule has 1 aromatic carbocycles. The molecule has 1 amide bonds. The summed E-state index contributed by atoms with van der Waals surface area (Å²) in [6, 6.07) is 5.62. The number of carbonyl (C=O) groups excluding carboxylic acids is 2. The van der Waals surface area contributed by atoms with Crippen LogP contribution in [0.4, 0.5) is 0 Å². The van der Waals surface area contributed by atoms with Gasteiger partial charge in [-0.2, -0.15) is 0 Å². The molecular weight excluding hydrogens is 334 g/mol. The van der Waals surface area contributed by atoms with E-state index in [0.717, 1.165) is 10.0 Å². The lowest BCUT2D eigenvalue weighted by Gasteiger charge is -2.31. The maximum Gasteiger partial charge on any atom is 0.309 e. The van der Waals surface area contributed by atoms with Gasteiger partial charge in [0.25, 0.3) is 5.91 Å². The fraction of sp³-hybridized carbons (Fsp3) is 0.500. The van der Waals surface area contributed by atoms with E-state index in [1.165, 1.54) is 0 Å². The standard InChI is InChI=1S/C16H20BrNO3/c1-3-21-16(20)12-6-8-18(9-7-12)15(19)13-4-5-14(17)11(2)10-13/h4-5,10,12H,3,6-9H2,1-2H3. The number of hydrogen-bond acceptors (Lipinski definition) is 3.